The lowest BCUT2D eigenvalue weighted by Gasteiger charge is -2.33. The van der Waals surface area contributed by atoms with Crippen LogP contribution < -0.4 is 0 Å². The molecule has 0 aromatic heterocycles. The van der Waals surface area contributed by atoms with E-state index in [0.29, 0.717) is 12.1 Å². The highest BCUT2D eigenvalue weighted by Crippen LogP contribution is 2.16. The van der Waals surface area contributed by atoms with E-state index in [1.165, 1.54) is 18.5 Å². The summed E-state index contributed by atoms with van der Waals surface area (Å²) in [5, 5.41) is 0. The Bertz CT molecular complexity index is 196. The summed E-state index contributed by atoms with van der Waals surface area (Å²) in [5.41, 5.74) is 1.53. The summed E-state index contributed by atoms with van der Waals surface area (Å²) in [6.07, 6.45) is 5.07. The van der Waals surface area contributed by atoms with E-state index in [2.05, 4.69) is 31.7 Å². The summed E-state index contributed by atoms with van der Waals surface area (Å²) in [4.78, 5) is 2.50. The summed E-state index contributed by atoms with van der Waals surface area (Å²) < 4.78 is 5.42. The minimum Gasteiger partial charge on any atom is -0.380 e. The molecule has 82 valence electrons. The van der Waals surface area contributed by atoms with Gasteiger partial charge in [0.1, 0.15) is 0 Å². The van der Waals surface area contributed by atoms with Crippen LogP contribution in [0.4, 0.5) is 0 Å². The van der Waals surface area contributed by atoms with Crippen LogP contribution in [0.5, 0.6) is 0 Å². The molecule has 0 fully saturated rings. The molecule has 0 saturated carbocycles. The Hall–Kier alpha value is -0.340. The van der Waals surface area contributed by atoms with Crippen molar-refractivity contribution < 1.29 is 4.74 Å². The van der Waals surface area contributed by atoms with E-state index in [0.717, 1.165) is 13.0 Å². The molecule has 2 heteroatoms. The van der Waals surface area contributed by atoms with Gasteiger partial charge in [0.05, 0.1) is 6.10 Å². The number of ether oxygens (including phenoxy) is 1. The molecule has 1 aliphatic rings. The molecule has 0 spiro atoms. The van der Waals surface area contributed by atoms with Crippen LogP contribution >= 0.6 is 0 Å². The summed E-state index contributed by atoms with van der Waals surface area (Å²) in [7, 11) is 1.81. The monoisotopic (exact) mass is 197 g/mol. The maximum Gasteiger partial charge on any atom is 0.0695 e. The van der Waals surface area contributed by atoms with Gasteiger partial charge in [-0.15, -0.1) is 0 Å². The minimum absolute atomic E-state index is 0.393. The lowest BCUT2D eigenvalue weighted by atomic mass is 10.0. The number of hydrogen-bond donors (Lipinski definition) is 0. The lowest BCUT2D eigenvalue weighted by molar-refractivity contribution is 0.0531. The maximum atomic E-state index is 5.42. The first-order chi connectivity index (χ1) is 6.67. The van der Waals surface area contributed by atoms with Crippen LogP contribution in [0.15, 0.2) is 11.6 Å². The van der Waals surface area contributed by atoms with E-state index in [-0.39, 0.29) is 0 Å². The average Bonchev–Trinajstić information content (AvgIpc) is 2.17. The van der Waals surface area contributed by atoms with Crippen LogP contribution in [0.3, 0.4) is 0 Å². The first kappa shape index (κ1) is 11.7. The highest BCUT2D eigenvalue weighted by Gasteiger charge is 2.19. The quantitative estimate of drug-likeness (QED) is 0.642. The summed E-state index contributed by atoms with van der Waals surface area (Å²) in [6, 6.07) is 0.577. The van der Waals surface area contributed by atoms with Crippen molar-refractivity contribution in [3.63, 3.8) is 0 Å². The van der Waals surface area contributed by atoms with Crippen molar-refractivity contribution in [3.05, 3.63) is 11.6 Å². The third kappa shape index (κ3) is 3.10. The SMILES string of the molecule is CCC(CN1CCC(C)=CC1C)OC. The van der Waals surface area contributed by atoms with Crippen molar-refractivity contribution in [3.8, 4) is 0 Å². The van der Waals surface area contributed by atoms with Crippen LogP contribution in [-0.4, -0.2) is 37.2 Å². The molecular formula is C12H23NO. The molecule has 0 aromatic carbocycles. The van der Waals surface area contributed by atoms with Gasteiger partial charge in [-0.2, -0.15) is 0 Å². The normalized spacial score (nSPS) is 26.0. The average molecular weight is 197 g/mol. The van der Waals surface area contributed by atoms with Crippen LogP contribution in [0, 0.1) is 0 Å². The fourth-order valence-electron chi connectivity index (χ4n) is 2.01. The molecule has 0 N–H and O–H groups in total. The Morgan fingerprint density at radius 3 is 2.86 bits per heavy atom. The molecule has 1 heterocycles. The Kier molecular flexibility index (Phi) is 4.63. The summed E-state index contributed by atoms with van der Waals surface area (Å²) in [5.74, 6) is 0. The van der Waals surface area contributed by atoms with Crippen molar-refractivity contribution in [1.82, 2.24) is 4.90 Å². The Balaban J connectivity index is 2.46. The summed E-state index contributed by atoms with van der Waals surface area (Å²) in [6.45, 7) is 8.93. The lowest BCUT2D eigenvalue weighted by Crippen LogP contribution is -2.41. The second-order valence-corrected chi connectivity index (χ2v) is 4.26. The predicted octanol–water partition coefficient (Wildman–Crippen LogP) is 2.45. The summed E-state index contributed by atoms with van der Waals surface area (Å²) >= 11 is 0. The highest BCUT2D eigenvalue weighted by atomic mass is 16.5. The van der Waals surface area contributed by atoms with E-state index < -0.39 is 0 Å². The Morgan fingerprint density at radius 1 is 1.64 bits per heavy atom. The third-order valence-corrected chi connectivity index (χ3v) is 3.12. The van der Waals surface area contributed by atoms with E-state index >= 15 is 0 Å². The van der Waals surface area contributed by atoms with Crippen LogP contribution in [0.2, 0.25) is 0 Å². The maximum absolute atomic E-state index is 5.42. The molecule has 2 atom stereocenters. The number of nitrogens with zero attached hydrogens (tertiary/aromatic N) is 1. The minimum atomic E-state index is 0.393. The van der Waals surface area contributed by atoms with Gasteiger partial charge < -0.3 is 4.74 Å². The molecule has 2 nitrogen and oxygen atoms in total. The molecule has 0 amide bonds. The Labute approximate surface area is 87.9 Å². The van der Waals surface area contributed by atoms with Gasteiger partial charge in [-0.1, -0.05) is 18.6 Å². The first-order valence-electron chi connectivity index (χ1n) is 5.61. The van der Waals surface area contributed by atoms with Crippen molar-refractivity contribution in [2.24, 2.45) is 0 Å². The molecule has 1 rings (SSSR count). The zero-order valence-electron chi connectivity index (χ0n) is 9.92. The fourth-order valence-corrected chi connectivity index (χ4v) is 2.01. The van der Waals surface area contributed by atoms with Gasteiger partial charge in [0, 0.05) is 26.2 Å². The zero-order chi connectivity index (χ0) is 10.6. The molecule has 0 bridgehead atoms. The van der Waals surface area contributed by atoms with Gasteiger partial charge in [-0.3, -0.25) is 4.90 Å². The third-order valence-electron chi connectivity index (χ3n) is 3.12. The fraction of sp³-hybridized carbons (Fsp3) is 0.833. The standard InChI is InChI=1S/C12H23NO/c1-5-12(14-4)9-13-7-6-10(2)8-11(13)3/h8,11-12H,5-7,9H2,1-4H3. The second kappa shape index (κ2) is 5.52. The van der Waals surface area contributed by atoms with E-state index in [1.807, 2.05) is 7.11 Å². The molecular weight excluding hydrogens is 174 g/mol. The van der Waals surface area contributed by atoms with Gasteiger partial charge >= 0.3 is 0 Å². The van der Waals surface area contributed by atoms with Gasteiger partial charge in [0.2, 0.25) is 0 Å². The number of hydrogen-bond acceptors (Lipinski definition) is 2. The first-order valence-corrected chi connectivity index (χ1v) is 5.61. The molecule has 2 unspecified atom stereocenters. The number of methoxy groups -OCH3 is 1. The van der Waals surface area contributed by atoms with E-state index in [9.17, 15) is 0 Å². The molecule has 0 aliphatic carbocycles. The van der Waals surface area contributed by atoms with Crippen LogP contribution in [-0.2, 0) is 4.74 Å². The van der Waals surface area contributed by atoms with Crippen molar-refractivity contribution in [2.75, 3.05) is 20.2 Å². The topological polar surface area (TPSA) is 12.5 Å². The van der Waals surface area contributed by atoms with Crippen molar-refractivity contribution >= 4 is 0 Å². The molecule has 0 saturated heterocycles. The van der Waals surface area contributed by atoms with Crippen LogP contribution in [0.1, 0.15) is 33.6 Å². The molecule has 0 aromatic rings. The predicted molar refractivity (Wildman–Crippen MR) is 60.5 cm³/mol. The Morgan fingerprint density at radius 2 is 2.36 bits per heavy atom. The van der Waals surface area contributed by atoms with Gasteiger partial charge in [-0.05, 0) is 26.7 Å². The zero-order valence-corrected chi connectivity index (χ0v) is 9.92. The van der Waals surface area contributed by atoms with Crippen molar-refractivity contribution in [2.45, 2.75) is 45.8 Å². The van der Waals surface area contributed by atoms with E-state index in [1.54, 1.807) is 0 Å². The smallest absolute Gasteiger partial charge is 0.0695 e. The van der Waals surface area contributed by atoms with Gasteiger partial charge in [-0.25, -0.2) is 0 Å². The second-order valence-electron chi connectivity index (χ2n) is 4.26. The number of rotatable bonds is 4. The molecule has 1 aliphatic heterocycles. The molecule has 14 heavy (non-hydrogen) atoms. The highest BCUT2D eigenvalue weighted by molar-refractivity contribution is 5.08. The van der Waals surface area contributed by atoms with Crippen LogP contribution in [0.25, 0.3) is 0 Å². The van der Waals surface area contributed by atoms with Gasteiger partial charge in [0.15, 0.2) is 0 Å². The largest absolute Gasteiger partial charge is 0.380 e. The van der Waals surface area contributed by atoms with E-state index in [4.69, 9.17) is 4.74 Å². The molecule has 0 radical (unpaired) electrons. The van der Waals surface area contributed by atoms with Crippen molar-refractivity contribution in [1.29, 1.82) is 0 Å². The van der Waals surface area contributed by atoms with Gasteiger partial charge in [0.25, 0.3) is 0 Å².